The van der Waals surface area contributed by atoms with Gasteiger partial charge in [0, 0.05) is 44.1 Å². The Labute approximate surface area is 197 Å². The molecule has 3 amide bonds. The maximum atomic E-state index is 12.7. The largest absolute Gasteiger partial charge is 0.369 e. The molecule has 1 unspecified atom stereocenters. The number of para-hydroxylation sites is 1. The number of carbonyl (C=O) groups is 2. The number of benzene rings is 2. The molecule has 1 fully saturated rings. The predicted octanol–water partition coefficient (Wildman–Crippen LogP) is 3.47. The summed E-state index contributed by atoms with van der Waals surface area (Å²) in [4.78, 5) is 29.9. The van der Waals surface area contributed by atoms with Crippen LogP contribution in [0.2, 0.25) is 0 Å². The number of nitrogens with zero attached hydrogens (tertiary/aromatic N) is 2. The van der Waals surface area contributed by atoms with E-state index in [1.807, 2.05) is 44.2 Å². The first-order valence-corrected chi connectivity index (χ1v) is 11.9. The summed E-state index contributed by atoms with van der Waals surface area (Å²) in [5, 5.41) is 8.57. The zero-order valence-corrected chi connectivity index (χ0v) is 20.0. The molecular weight excluding hydrogens is 414 g/mol. The van der Waals surface area contributed by atoms with Gasteiger partial charge in [0.1, 0.15) is 6.04 Å². The highest BCUT2D eigenvalue weighted by molar-refractivity contribution is 5.93. The Morgan fingerprint density at radius 2 is 1.70 bits per heavy atom. The van der Waals surface area contributed by atoms with Gasteiger partial charge >= 0.3 is 6.03 Å². The van der Waals surface area contributed by atoms with Gasteiger partial charge in [-0.05, 0) is 55.6 Å². The Morgan fingerprint density at radius 3 is 2.36 bits per heavy atom. The monoisotopic (exact) mass is 451 g/mol. The lowest BCUT2D eigenvalue weighted by Crippen LogP contribution is -2.51. The Hall–Kier alpha value is -3.06. The molecule has 0 radical (unpaired) electrons. The summed E-state index contributed by atoms with van der Waals surface area (Å²) < 4.78 is 0. The molecule has 7 nitrogen and oxygen atoms in total. The van der Waals surface area contributed by atoms with E-state index in [9.17, 15) is 9.59 Å². The number of hydrogen-bond donors (Lipinski definition) is 3. The molecule has 1 aliphatic rings. The zero-order chi connectivity index (χ0) is 23.6. The van der Waals surface area contributed by atoms with Crippen molar-refractivity contribution < 1.29 is 9.59 Å². The van der Waals surface area contributed by atoms with Crippen molar-refractivity contribution in [3.05, 3.63) is 60.2 Å². The van der Waals surface area contributed by atoms with Crippen molar-refractivity contribution in [1.82, 2.24) is 15.5 Å². The van der Waals surface area contributed by atoms with Crippen LogP contribution in [0.3, 0.4) is 0 Å². The molecule has 2 aromatic carbocycles. The highest BCUT2D eigenvalue weighted by atomic mass is 16.2. The Bertz CT molecular complexity index is 895. The second-order valence-electron chi connectivity index (χ2n) is 9.00. The molecule has 1 saturated heterocycles. The molecule has 0 bridgehead atoms. The molecule has 33 heavy (non-hydrogen) atoms. The summed E-state index contributed by atoms with van der Waals surface area (Å²) in [5.41, 5.74) is 3.28. The van der Waals surface area contributed by atoms with Crippen molar-refractivity contribution in [2.75, 3.05) is 49.5 Å². The topological polar surface area (TPSA) is 76.7 Å². The van der Waals surface area contributed by atoms with E-state index < -0.39 is 6.04 Å². The minimum atomic E-state index is -0.577. The van der Waals surface area contributed by atoms with E-state index in [1.54, 1.807) is 0 Å². The summed E-state index contributed by atoms with van der Waals surface area (Å²) in [6.45, 7) is 11.6. The van der Waals surface area contributed by atoms with Crippen LogP contribution in [0.1, 0.15) is 25.8 Å². The van der Waals surface area contributed by atoms with Crippen LogP contribution < -0.4 is 20.9 Å². The van der Waals surface area contributed by atoms with E-state index in [2.05, 4.69) is 56.9 Å². The number of carbonyl (C=O) groups excluding carboxylic acids is 2. The molecule has 0 aliphatic carbocycles. The van der Waals surface area contributed by atoms with Crippen LogP contribution in [0.5, 0.6) is 0 Å². The third-order valence-corrected chi connectivity index (χ3v) is 5.96. The van der Waals surface area contributed by atoms with Gasteiger partial charge in [0.2, 0.25) is 5.91 Å². The number of hydrogen-bond acceptors (Lipinski definition) is 4. The molecule has 1 aliphatic heterocycles. The second-order valence-corrected chi connectivity index (χ2v) is 9.00. The number of rotatable bonds is 9. The van der Waals surface area contributed by atoms with Gasteiger partial charge < -0.3 is 20.9 Å². The van der Waals surface area contributed by atoms with Gasteiger partial charge in [0.05, 0.1) is 0 Å². The first-order valence-electron chi connectivity index (χ1n) is 11.9. The van der Waals surface area contributed by atoms with Crippen molar-refractivity contribution in [3.8, 4) is 0 Å². The van der Waals surface area contributed by atoms with Gasteiger partial charge in [-0.2, -0.15) is 0 Å². The molecule has 1 heterocycles. The fourth-order valence-corrected chi connectivity index (χ4v) is 4.04. The molecule has 1 atom stereocenters. The van der Waals surface area contributed by atoms with E-state index >= 15 is 0 Å². The zero-order valence-electron chi connectivity index (χ0n) is 20.0. The van der Waals surface area contributed by atoms with Gasteiger partial charge in [0.25, 0.3) is 0 Å². The lowest BCUT2D eigenvalue weighted by atomic mass is 10.0. The van der Waals surface area contributed by atoms with Crippen LogP contribution in [0.15, 0.2) is 54.6 Å². The standard InChI is InChI=1S/C26H37N5O2/c1-20(2)24(29-26(33)28-22-10-5-4-6-11-22)25(32)27-13-8-14-30-15-17-31(18-16-30)23-12-7-9-21(3)19-23/h4-7,9-12,19-20,24H,8,13-18H2,1-3H3,(H,27,32)(H2,28,29,33). The fourth-order valence-electron chi connectivity index (χ4n) is 4.04. The van der Waals surface area contributed by atoms with Crippen molar-refractivity contribution in [2.45, 2.75) is 33.2 Å². The molecule has 178 valence electrons. The Morgan fingerprint density at radius 1 is 0.970 bits per heavy atom. The maximum Gasteiger partial charge on any atom is 0.319 e. The average molecular weight is 452 g/mol. The van der Waals surface area contributed by atoms with E-state index in [0.717, 1.165) is 39.1 Å². The molecule has 3 rings (SSSR count). The molecule has 0 saturated carbocycles. The highest BCUT2D eigenvalue weighted by Gasteiger charge is 2.24. The Balaban J connectivity index is 1.36. The van der Waals surface area contributed by atoms with Crippen molar-refractivity contribution in [2.24, 2.45) is 5.92 Å². The normalized spacial score (nSPS) is 15.2. The predicted molar refractivity (Wildman–Crippen MR) is 135 cm³/mol. The van der Waals surface area contributed by atoms with Gasteiger partial charge in [-0.1, -0.05) is 44.2 Å². The third-order valence-electron chi connectivity index (χ3n) is 5.96. The van der Waals surface area contributed by atoms with Gasteiger partial charge in [-0.3, -0.25) is 9.69 Å². The average Bonchev–Trinajstić information content (AvgIpc) is 2.81. The maximum absolute atomic E-state index is 12.7. The van der Waals surface area contributed by atoms with E-state index in [1.165, 1.54) is 11.3 Å². The number of anilines is 2. The minimum absolute atomic E-state index is 0.0128. The Kier molecular flexibility index (Phi) is 9.13. The smallest absolute Gasteiger partial charge is 0.319 e. The van der Waals surface area contributed by atoms with Crippen LogP contribution in [0, 0.1) is 12.8 Å². The quantitative estimate of drug-likeness (QED) is 0.510. The third kappa shape index (κ3) is 7.79. The van der Waals surface area contributed by atoms with Crippen LogP contribution in [-0.4, -0.2) is 62.1 Å². The van der Waals surface area contributed by atoms with Crippen molar-refractivity contribution in [1.29, 1.82) is 0 Å². The molecule has 3 N–H and O–H groups in total. The van der Waals surface area contributed by atoms with Crippen LogP contribution in [0.25, 0.3) is 0 Å². The number of nitrogens with one attached hydrogen (secondary N) is 3. The molecule has 0 aromatic heterocycles. The summed E-state index contributed by atoms with van der Waals surface area (Å²) >= 11 is 0. The fraction of sp³-hybridized carbons (Fsp3) is 0.462. The van der Waals surface area contributed by atoms with Gasteiger partial charge in [-0.15, -0.1) is 0 Å². The van der Waals surface area contributed by atoms with Crippen molar-refractivity contribution >= 4 is 23.3 Å². The summed E-state index contributed by atoms with van der Waals surface area (Å²) in [6.07, 6.45) is 0.886. The van der Waals surface area contributed by atoms with Gasteiger partial charge in [-0.25, -0.2) is 4.79 Å². The molecular formula is C26H37N5O2. The van der Waals surface area contributed by atoms with E-state index in [-0.39, 0.29) is 17.9 Å². The first kappa shape index (κ1) is 24.6. The van der Waals surface area contributed by atoms with Crippen LogP contribution in [-0.2, 0) is 4.79 Å². The second kappa shape index (κ2) is 12.3. The number of aryl methyl sites for hydroxylation is 1. The lowest BCUT2D eigenvalue weighted by Gasteiger charge is -2.36. The number of amides is 3. The molecule has 0 spiro atoms. The molecule has 2 aromatic rings. The van der Waals surface area contributed by atoms with Crippen LogP contribution in [0.4, 0.5) is 16.2 Å². The SMILES string of the molecule is Cc1cccc(N2CCN(CCCNC(=O)C(NC(=O)Nc3ccccc3)C(C)C)CC2)c1. The highest BCUT2D eigenvalue weighted by Crippen LogP contribution is 2.17. The summed E-state index contributed by atoms with van der Waals surface area (Å²) in [7, 11) is 0. The van der Waals surface area contributed by atoms with Crippen LogP contribution >= 0.6 is 0 Å². The van der Waals surface area contributed by atoms with E-state index in [0.29, 0.717) is 12.2 Å². The minimum Gasteiger partial charge on any atom is -0.369 e. The van der Waals surface area contributed by atoms with Crippen molar-refractivity contribution in [3.63, 3.8) is 0 Å². The molecule has 7 heteroatoms. The first-order chi connectivity index (χ1) is 15.9. The number of piperazine rings is 1. The summed E-state index contributed by atoms with van der Waals surface area (Å²) in [5.74, 6) is -0.154. The van der Waals surface area contributed by atoms with Gasteiger partial charge in [0.15, 0.2) is 0 Å². The lowest BCUT2D eigenvalue weighted by molar-refractivity contribution is -0.123. The number of urea groups is 1. The van der Waals surface area contributed by atoms with E-state index in [4.69, 9.17) is 0 Å². The summed E-state index contributed by atoms with van der Waals surface area (Å²) in [6, 6.07) is 16.9.